The minimum absolute atomic E-state index is 0.0125. The molecular weight excluding hydrogens is 705 g/mol. The Morgan fingerprint density at radius 1 is 0.980 bits per heavy atom. The van der Waals surface area contributed by atoms with Crippen LogP contribution < -0.4 is 20.1 Å². The van der Waals surface area contributed by atoms with Crippen LogP contribution >= 0.6 is 11.6 Å². The van der Waals surface area contributed by atoms with Crippen molar-refractivity contribution in [1.29, 1.82) is 0 Å². The summed E-state index contributed by atoms with van der Waals surface area (Å²) in [5.41, 5.74) is -7.20. The minimum atomic E-state index is -5.49. The van der Waals surface area contributed by atoms with Gasteiger partial charge in [0, 0.05) is 11.1 Å². The zero-order chi connectivity index (χ0) is 37.4. The molecule has 3 aromatic carbocycles. The van der Waals surface area contributed by atoms with Crippen molar-refractivity contribution in [2.24, 2.45) is 0 Å². The van der Waals surface area contributed by atoms with Gasteiger partial charge in [0.1, 0.15) is 25.7 Å². The number of aliphatic hydroxyl groups is 2. The molecule has 1 aromatic heterocycles. The fourth-order valence-electron chi connectivity index (χ4n) is 4.76. The van der Waals surface area contributed by atoms with E-state index in [9.17, 15) is 36.6 Å². The van der Waals surface area contributed by atoms with Crippen LogP contribution in [0.5, 0.6) is 11.5 Å². The molecule has 0 aliphatic heterocycles. The lowest BCUT2D eigenvalue weighted by atomic mass is 9.88. The Hall–Kier alpha value is -4.99. The largest absolute Gasteiger partial charge is 0.493 e. The number of hydrogen-bond acceptors (Lipinski definition) is 8. The molecule has 4 rings (SSSR count). The third-order valence-corrected chi connectivity index (χ3v) is 8.00. The Labute approximate surface area is 294 Å². The molecule has 4 N–H and O–H groups in total. The van der Waals surface area contributed by atoms with Crippen molar-refractivity contribution in [1.82, 2.24) is 15.6 Å². The summed E-state index contributed by atoms with van der Waals surface area (Å²) in [7, 11) is 1.26. The van der Waals surface area contributed by atoms with Crippen molar-refractivity contribution in [2.75, 3.05) is 33.5 Å². The maximum Gasteiger partial charge on any atom is 0.424 e. The summed E-state index contributed by atoms with van der Waals surface area (Å²) in [6.07, 6.45) is -6.59. The number of pyridine rings is 1. The highest BCUT2D eigenvalue weighted by Gasteiger charge is 2.57. The van der Waals surface area contributed by atoms with E-state index in [0.29, 0.717) is 5.56 Å². The lowest BCUT2D eigenvalue weighted by molar-refractivity contribution is -0.265. The number of aliphatic hydroxyl groups excluding tert-OH is 1. The minimum Gasteiger partial charge on any atom is -0.493 e. The predicted octanol–water partition coefficient (Wildman–Crippen LogP) is 6.21. The molecule has 0 spiro atoms. The van der Waals surface area contributed by atoms with Gasteiger partial charge in [-0.3, -0.25) is 4.79 Å². The van der Waals surface area contributed by atoms with E-state index in [1.807, 2.05) is 0 Å². The Kier molecular flexibility index (Phi) is 12.4. The number of nitrogens with one attached hydrogen (secondary N) is 2. The molecule has 16 heteroatoms. The molecule has 0 aliphatic rings. The first-order valence-corrected chi connectivity index (χ1v) is 15.5. The van der Waals surface area contributed by atoms with Crippen molar-refractivity contribution in [3.05, 3.63) is 112 Å². The number of amides is 2. The summed E-state index contributed by atoms with van der Waals surface area (Å²) in [5, 5.41) is 24.3. The number of benzene rings is 3. The monoisotopic (exact) mass is 737 g/mol. The molecule has 0 saturated heterocycles. The molecule has 0 saturated carbocycles. The summed E-state index contributed by atoms with van der Waals surface area (Å²) in [4.78, 5) is 29.9. The van der Waals surface area contributed by atoms with Gasteiger partial charge in [0.15, 0.2) is 11.5 Å². The lowest BCUT2D eigenvalue weighted by Crippen LogP contribution is -2.52. The van der Waals surface area contributed by atoms with Gasteiger partial charge in [0.2, 0.25) is 5.60 Å². The number of alkyl carbamates (subject to hydrolysis) is 1. The number of halogens is 6. The van der Waals surface area contributed by atoms with Crippen molar-refractivity contribution >= 4 is 23.6 Å². The fraction of sp³-hybridized carbons (Fsp3) is 0.286. The Morgan fingerprint density at radius 3 is 2.33 bits per heavy atom. The van der Waals surface area contributed by atoms with Gasteiger partial charge in [-0.1, -0.05) is 41.9 Å². The second kappa shape index (κ2) is 16.4. The first-order chi connectivity index (χ1) is 24.1. The summed E-state index contributed by atoms with van der Waals surface area (Å²) in [6, 6.07) is 17.2. The molecule has 0 radical (unpaired) electrons. The molecule has 1 heterocycles. The highest BCUT2D eigenvalue weighted by molar-refractivity contribution is 6.31. The molecule has 272 valence electrons. The standard InChI is InChI=1S/C35H33ClF5N3O7/c1-33(19-37,44-32(47)51-18-21-6-4-3-5-7-21)24-16-27(22-8-10-26(38)25(36)14-22)43-30(17-24)34(48,35(39,40)41)20-42-31(46)23-9-11-28(50-13-12-45)29(15-23)49-2/h3-11,14-17,45,48H,12-13,18-20H2,1-2H3,(H,42,46)(H,44,47). The molecule has 0 fully saturated rings. The molecule has 10 nitrogen and oxygen atoms in total. The fourth-order valence-corrected chi connectivity index (χ4v) is 4.94. The predicted molar refractivity (Wildman–Crippen MR) is 176 cm³/mol. The summed E-state index contributed by atoms with van der Waals surface area (Å²) in [6.45, 7) is -2.27. The Morgan fingerprint density at radius 2 is 1.71 bits per heavy atom. The summed E-state index contributed by atoms with van der Waals surface area (Å²) in [5.74, 6) is -1.70. The highest BCUT2D eigenvalue weighted by atomic mass is 35.5. The van der Waals surface area contributed by atoms with Gasteiger partial charge in [0.25, 0.3) is 5.91 Å². The van der Waals surface area contributed by atoms with Crippen molar-refractivity contribution in [3.63, 3.8) is 0 Å². The van der Waals surface area contributed by atoms with Crippen LogP contribution in [0, 0.1) is 5.82 Å². The average molecular weight is 738 g/mol. The molecular formula is C35H33ClF5N3O7. The van der Waals surface area contributed by atoms with Gasteiger partial charge in [0.05, 0.1) is 42.2 Å². The summed E-state index contributed by atoms with van der Waals surface area (Å²) >= 11 is 5.94. The maximum atomic E-state index is 14.8. The Balaban J connectivity index is 1.74. The van der Waals surface area contributed by atoms with E-state index in [1.54, 1.807) is 30.3 Å². The van der Waals surface area contributed by atoms with Crippen LogP contribution in [0.3, 0.4) is 0 Å². The van der Waals surface area contributed by atoms with E-state index in [-0.39, 0.29) is 53.7 Å². The molecule has 2 unspecified atom stereocenters. The van der Waals surface area contributed by atoms with Crippen LogP contribution in [0.4, 0.5) is 26.7 Å². The van der Waals surface area contributed by atoms with Gasteiger partial charge in [-0.25, -0.2) is 18.6 Å². The SMILES string of the molecule is COc1cc(C(=O)NCC(O)(c2cc(C(C)(CF)NC(=O)OCc3ccccc3)cc(-c3ccc(F)c(Cl)c3)n2)C(F)(F)F)ccc1OCCO. The maximum absolute atomic E-state index is 14.8. The Bertz CT molecular complexity index is 1850. The topological polar surface area (TPSA) is 139 Å². The van der Waals surface area contributed by atoms with E-state index in [1.165, 1.54) is 32.2 Å². The van der Waals surface area contributed by atoms with Crippen molar-refractivity contribution in [2.45, 2.75) is 30.8 Å². The van der Waals surface area contributed by atoms with Crippen LogP contribution in [0.2, 0.25) is 5.02 Å². The van der Waals surface area contributed by atoms with E-state index in [4.69, 9.17) is 30.9 Å². The van der Waals surface area contributed by atoms with Crippen LogP contribution in [0.25, 0.3) is 11.3 Å². The van der Waals surface area contributed by atoms with Crippen LogP contribution in [0.1, 0.15) is 34.1 Å². The zero-order valence-electron chi connectivity index (χ0n) is 27.2. The molecule has 2 amide bonds. The number of ether oxygens (including phenoxy) is 3. The normalized spacial score (nSPS) is 13.8. The van der Waals surface area contributed by atoms with Crippen LogP contribution in [-0.2, 0) is 22.5 Å². The second-order valence-corrected chi connectivity index (χ2v) is 11.8. The van der Waals surface area contributed by atoms with Gasteiger partial charge in [-0.05, 0) is 66.6 Å². The van der Waals surface area contributed by atoms with Crippen LogP contribution in [-0.4, -0.2) is 66.9 Å². The molecule has 0 bridgehead atoms. The van der Waals surface area contributed by atoms with Crippen LogP contribution in [0.15, 0.2) is 78.9 Å². The third-order valence-electron chi connectivity index (χ3n) is 7.71. The number of carbonyl (C=O) groups is 2. The lowest BCUT2D eigenvalue weighted by Gasteiger charge is -2.33. The van der Waals surface area contributed by atoms with E-state index >= 15 is 0 Å². The number of alkyl halides is 4. The molecule has 0 aliphatic carbocycles. The van der Waals surface area contributed by atoms with E-state index in [0.717, 1.165) is 30.3 Å². The van der Waals surface area contributed by atoms with Gasteiger partial charge < -0.3 is 35.1 Å². The summed E-state index contributed by atoms with van der Waals surface area (Å²) < 4.78 is 89.0. The van der Waals surface area contributed by atoms with Crippen molar-refractivity contribution in [3.8, 4) is 22.8 Å². The zero-order valence-corrected chi connectivity index (χ0v) is 27.9. The third kappa shape index (κ3) is 9.22. The molecule has 2 atom stereocenters. The highest BCUT2D eigenvalue weighted by Crippen LogP contribution is 2.41. The number of nitrogens with zero attached hydrogens (tertiary/aromatic N) is 1. The van der Waals surface area contributed by atoms with Crippen molar-refractivity contribution < 1.29 is 56.0 Å². The van der Waals surface area contributed by atoms with Gasteiger partial charge in [-0.2, -0.15) is 13.2 Å². The smallest absolute Gasteiger partial charge is 0.424 e. The number of hydrogen-bond donors (Lipinski definition) is 4. The number of methoxy groups -OCH3 is 1. The number of carbonyl (C=O) groups excluding carboxylic acids is 2. The van der Waals surface area contributed by atoms with E-state index < -0.39 is 59.1 Å². The quantitative estimate of drug-likeness (QED) is 0.112. The first-order valence-electron chi connectivity index (χ1n) is 15.2. The number of aromatic nitrogens is 1. The second-order valence-electron chi connectivity index (χ2n) is 11.4. The van der Waals surface area contributed by atoms with Gasteiger partial charge >= 0.3 is 12.3 Å². The number of rotatable bonds is 14. The molecule has 4 aromatic rings. The average Bonchev–Trinajstić information content (AvgIpc) is 3.12. The van der Waals surface area contributed by atoms with Gasteiger partial charge in [-0.15, -0.1) is 0 Å². The van der Waals surface area contributed by atoms with E-state index in [2.05, 4.69) is 15.6 Å². The first kappa shape index (κ1) is 38.8. The molecule has 51 heavy (non-hydrogen) atoms.